The van der Waals surface area contributed by atoms with Gasteiger partial charge in [0.2, 0.25) is 0 Å². The first-order valence-corrected chi connectivity index (χ1v) is 6.70. The third-order valence-electron chi connectivity index (χ3n) is 2.48. The Morgan fingerprint density at radius 1 is 1.35 bits per heavy atom. The van der Waals surface area contributed by atoms with Crippen molar-refractivity contribution in [3.63, 3.8) is 0 Å². The van der Waals surface area contributed by atoms with E-state index < -0.39 is 0 Å². The zero-order valence-electron chi connectivity index (χ0n) is 9.47. The van der Waals surface area contributed by atoms with Gasteiger partial charge in [-0.1, -0.05) is 36.2 Å². The van der Waals surface area contributed by atoms with E-state index >= 15 is 0 Å². The molecule has 0 fully saturated rings. The Labute approximate surface area is 116 Å². The Balaban J connectivity index is 2.82. The Kier molecular flexibility index (Phi) is 6.10. The zero-order chi connectivity index (χ0) is 12.8. The molecule has 0 radical (unpaired) electrons. The number of halogens is 3. The molecule has 0 spiro atoms. The molecule has 1 atom stereocenters. The van der Waals surface area contributed by atoms with Crippen molar-refractivity contribution in [2.75, 3.05) is 5.88 Å². The molecule has 0 saturated heterocycles. The molecule has 1 unspecified atom stereocenters. The number of amides is 1. The van der Waals surface area contributed by atoms with E-state index in [2.05, 4.69) is 5.32 Å². The smallest absolute Gasteiger partial charge is 0.254 e. The summed E-state index contributed by atoms with van der Waals surface area (Å²) in [5.74, 6) is 0.257. The first-order valence-electron chi connectivity index (χ1n) is 5.41. The number of carbonyl (C=O) groups excluding carboxylic acids is 1. The normalized spacial score (nSPS) is 12.2. The minimum absolute atomic E-state index is 0.0485. The van der Waals surface area contributed by atoms with Crippen LogP contribution in [0, 0.1) is 0 Å². The standard InChI is InChI=1S/C12H14Cl3NO/c1-2-8(6-7-13)16-12(17)11-9(14)4-3-5-10(11)15/h3-5,8H,2,6-7H2,1H3,(H,16,17). The largest absolute Gasteiger partial charge is 0.349 e. The lowest BCUT2D eigenvalue weighted by Gasteiger charge is -2.16. The maximum absolute atomic E-state index is 12.0. The third-order valence-corrected chi connectivity index (χ3v) is 3.32. The van der Waals surface area contributed by atoms with Gasteiger partial charge < -0.3 is 5.32 Å². The van der Waals surface area contributed by atoms with E-state index in [0.717, 1.165) is 12.8 Å². The highest BCUT2D eigenvalue weighted by Crippen LogP contribution is 2.24. The van der Waals surface area contributed by atoms with Crippen LogP contribution in [0.5, 0.6) is 0 Å². The topological polar surface area (TPSA) is 29.1 Å². The number of alkyl halides is 1. The van der Waals surface area contributed by atoms with Gasteiger partial charge in [0, 0.05) is 11.9 Å². The molecule has 0 aliphatic carbocycles. The van der Waals surface area contributed by atoms with E-state index in [4.69, 9.17) is 34.8 Å². The molecule has 2 nitrogen and oxygen atoms in total. The first-order chi connectivity index (χ1) is 8.10. The predicted molar refractivity (Wildman–Crippen MR) is 73.3 cm³/mol. The van der Waals surface area contributed by atoms with Gasteiger partial charge in [0.05, 0.1) is 15.6 Å². The summed E-state index contributed by atoms with van der Waals surface area (Å²) in [7, 11) is 0. The highest BCUT2D eigenvalue weighted by atomic mass is 35.5. The summed E-state index contributed by atoms with van der Waals surface area (Å²) >= 11 is 17.6. The second kappa shape index (κ2) is 7.10. The molecule has 0 bridgehead atoms. The summed E-state index contributed by atoms with van der Waals surface area (Å²) in [6, 6.07) is 5.04. The van der Waals surface area contributed by atoms with E-state index in [1.165, 1.54) is 0 Å². The van der Waals surface area contributed by atoms with E-state index in [0.29, 0.717) is 21.5 Å². The molecule has 17 heavy (non-hydrogen) atoms. The molecule has 1 rings (SSSR count). The highest BCUT2D eigenvalue weighted by Gasteiger charge is 2.17. The number of nitrogens with one attached hydrogen (secondary N) is 1. The van der Waals surface area contributed by atoms with E-state index in [1.54, 1.807) is 18.2 Å². The average Bonchev–Trinajstić information content (AvgIpc) is 2.28. The van der Waals surface area contributed by atoms with Crippen LogP contribution in [-0.2, 0) is 0 Å². The van der Waals surface area contributed by atoms with Crippen LogP contribution in [-0.4, -0.2) is 17.8 Å². The minimum atomic E-state index is -0.252. The number of hydrogen-bond donors (Lipinski definition) is 1. The van der Waals surface area contributed by atoms with Gasteiger partial charge in [0.15, 0.2) is 0 Å². The molecule has 1 N–H and O–H groups in total. The van der Waals surface area contributed by atoms with Crippen molar-refractivity contribution in [2.24, 2.45) is 0 Å². The lowest BCUT2D eigenvalue weighted by molar-refractivity contribution is 0.0935. The molecule has 5 heteroatoms. The monoisotopic (exact) mass is 293 g/mol. The van der Waals surface area contributed by atoms with Crippen molar-refractivity contribution < 1.29 is 4.79 Å². The summed E-state index contributed by atoms with van der Waals surface area (Å²) in [4.78, 5) is 12.0. The number of hydrogen-bond acceptors (Lipinski definition) is 1. The molecule has 0 aromatic heterocycles. The van der Waals surface area contributed by atoms with Gasteiger partial charge in [0.1, 0.15) is 0 Å². The van der Waals surface area contributed by atoms with Gasteiger partial charge in [-0.2, -0.15) is 0 Å². The fraction of sp³-hybridized carbons (Fsp3) is 0.417. The molecule has 94 valence electrons. The Hall–Kier alpha value is -0.440. The summed E-state index contributed by atoms with van der Waals surface area (Å²) < 4.78 is 0. The van der Waals surface area contributed by atoms with Crippen LogP contribution in [0.2, 0.25) is 10.0 Å². The van der Waals surface area contributed by atoms with E-state index in [1.807, 2.05) is 6.92 Å². The maximum Gasteiger partial charge on any atom is 0.254 e. The van der Waals surface area contributed by atoms with Crippen molar-refractivity contribution in [2.45, 2.75) is 25.8 Å². The number of benzene rings is 1. The van der Waals surface area contributed by atoms with Gasteiger partial charge >= 0.3 is 0 Å². The molecular formula is C12H14Cl3NO. The van der Waals surface area contributed by atoms with E-state index in [9.17, 15) is 4.79 Å². The third kappa shape index (κ3) is 4.06. The SMILES string of the molecule is CCC(CCCl)NC(=O)c1c(Cl)cccc1Cl. The average molecular weight is 295 g/mol. The van der Waals surface area contributed by atoms with Crippen molar-refractivity contribution in [3.8, 4) is 0 Å². The Bertz CT molecular complexity index is 375. The van der Waals surface area contributed by atoms with Crippen LogP contribution < -0.4 is 5.32 Å². The molecule has 0 aliphatic heterocycles. The van der Waals surface area contributed by atoms with Crippen molar-refractivity contribution in [1.82, 2.24) is 5.32 Å². The second-order valence-electron chi connectivity index (χ2n) is 3.65. The lowest BCUT2D eigenvalue weighted by Crippen LogP contribution is -2.35. The predicted octanol–water partition coefficient (Wildman–Crippen LogP) is 4.13. The Morgan fingerprint density at radius 2 is 1.94 bits per heavy atom. The lowest BCUT2D eigenvalue weighted by atomic mass is 10.1. The summed E-state index contributed by atoms with van der Waals surface area (Å²) in [5, 5.41) is 3.59. The zero-order valence-corrected chi connectivity index (χ0v) is 11.7. The molecular weight excluding hydrogens is 280 g/mol. The minimum Gasteiger partial charge on any atom is -0.349 e. The van der Waals surface area contributed by atoms with Gasteiger partial charge in [-0.15, -0.1) is 11.6 Å². The number of carbonyl (C=O) groups is 1. The molecule has 0 heterocycles. The quantitative estimate of drug-likeness (QED) is 0.813. The van der Waals surface area contributed by atoms with Crippen LogP contribution in [0.25, 0.3) is 0 Å². The summed E-state index contributed by atoms with van der Waals surface area (Å²) in [6.45, 7) is 1.99. The van der Waals surface area contributed by atoms with Gasteiger partial charge in [0.25, 0.3) is 5.91 Å². The molecule has 0 saturated carbocycles. The van der Waals surface area contributed by atoms with Gasteiger partial charge in [-0.25, -0.2) is 0 Å². The highest BCUT2D eigenvalue weighted by molar-refractivity contribution is 6.39. The molecule has 1 amide bonds. The van der Waals surface area contributed by atoms with Gasteiger partial charge in [-0.3, -0.25) is 4.79 Å². The van der Waals surface area contributed by atoms with Crippen LogP contribution >= 0.6 is 34.8 Å². The van der Waals surface area contributed by atoms with Crippen molar-refractivity contribution in [1.29, 1.82) is 0 Å². The van der Waals surface area contributed by atoms with Crippen molar-refractivity contribution in [3.05, 3.63) is 33.8 Å². The second-order valence-corrected chi connectivity index (χ2v) is 4.85. The van der Waals surface area contributed by atoms with Crippen LogP contribution in [0.1, 0.15) is 30.1 Å². The molecule has 1 aromatic rings. The van der Waals surface area contributed by atoms with Crippen LogP contribution in [0.4, 0.5) is 0 Å². The van der Waals surface area contributed by atoms with Crippen LogP contribution in [0.15, 0.2) is 18.2 Å². The van der Waals surface area contributed by atoms with Gasteiger partial charge in [-0.05, 0) is 25.0 Å². The molecule has 0 aliphatic rings. The fourth-order valence-electron chi connectivity index (χ4n) is 1.48. The van der Waals surface area contributed by atoms with Crippen molar-refractivity contribution >= 4 is 40.7 Å². The summed E-state index contributed by atoms with van der Waals surface area (Å²) in [6.07, 6.45) is 1.55. The summed E-state index contributed by atoms with van der Waals surface area (Å²) in [5.41, 5.74) is 0.323. The molecule has 1 aromatic carbocycles. The first kappa shape index (κ1) is 14.6. The van der Waals surface area contributed by atoms with Crippen LogP contribution in [0.3, 0.4) is 0 Å². The van der Waals surface area contributed by atoms with E-state index in [-0.39, 0.29) is 11.9 Å². The Morgan fingerprint density at radius 3 is 2.41 bits per heavy atom. The fourth-order valence-corrected chi connectivity index (χ4v) is 2.31. The number of rotatable bonds is 5. The maximum atomic E-state index is 12.0.